The molecule has 0 amide bonds. The van der Waals surface area contributed by atoms with E-state index >= 15 is 0 Å². The third kappa shape index (κ3) is 2.25. The van der Waals surface area contributed by atoms with Crippen molar-refractivity contribution in [3.8, 4) is 0 Å². The smallest absolute Gasteiger partial charge is 0.166 e. The SMILES string of the molecule is CC(C)N1CCN2c3ncccc3C(=O)CC[C@@H]2C1. The Morgan fingerprint density at radius 1 is 1.37 bits per heavy atom. The van der Waals surface area contributed by atoms with Gasteiger partial charge in [0.15, 0.2) is 5.78 Å². The molecule has 19 heavy (non-hydrogen) atoms. The number of pyridine rings is 1. The van der Waals surface area contributed by atoms with E-state index in [4.69, 9.17) is 0 Å². The number of fused-ring (bicyclic) bond motifs is 3. The fourth-order valence-corrected chi connectivity index (χ4v) is 3.15. The molecule has 0 unspecified atom stereocenters. The van der Waals surface area contributed by atoms with E-state index in [0.29, 0.717) is 18.5 Å². The number of carbonyl (C=O) groups excluding carboxylic acids is 1. The van der Waals surface area contributed by atoms with E-state index in [2.05, 4.69) is 28.6 Å². The van der Waals surface area contributed by atoms with Crippen LogP contribution < -0.4 is 4.90 Å². The van der Waals surface area contributed by atoms with Crippen molar-refractivity contribution < 1.29 is 4.79 Å². The summed E-state index contributed by atoms with van der Waals surface area (Å²) >= 11 is 0. The summed E-state index contributed by atoms with van der Waals surface area (Å²) in [7, 11) is 0. The molecule has 4 nitrogen and oxygen atoms in total. The highest BCUT2D eigenvalue weighted by Gasteiger charge is 2.33. The topological polar surface area (TPSA) is 36.4 Å². The molecule has 0 saturated carbocycles. The van der Waals surface area contributed by atoms with E-state index in [-0.39, 0.29) is 5.78 Å². The van der Waals surface area contributed by atoms with Crippen LogP contribution in [0.4, 0.5) is 5.82 Å². The minimum Gasteiger partial charge on any atom is -0.350 e. The molecule has 0 aliphatic carbocycles. The highest BCUT2D eigenvalue weighted by atomic mass is 16.1. The van der Waals surface area contributed by atoms with Crippen LogP contribution in [0, 0.1) is 0 Å². The number of aromatic nitrogens is 1. The number of nitrogens with zero attached hydrogens (tertiary/aromatic N) is 3. The zero-order valence-electron chi connectivity index (χ0n) is 11.7. The number of ketones is 1. The van der Waals surface area contributed by atoms with Crippen LogP contribution in [0.2, 0.25) is 0 Å². The van der Waals surface area contributed by atoms with Crippen LogP contribution in [0.25, 0.3) is 0 Å². The molecule has 2 aliphatic rings. The number of rotatable bonds is 1. The molecule has 0 N–H and O–H groups in total. The van der Waals surface area contributed by atoms with Crippen molar-refractivity contribution in [2.45, 2.75) is 38.8 Å². The van der Waals surface area contributed by atoms with Crippen molar-refractivity contribution >= 4 is 11.6 Å². The van der Waals surface area contributed by atoms with Crippen LogP contribution in [0.15, 0.2) is 18.3 Å². The standard InChI is InChI=1S/C15H21N3O/c1-11(2)17-8-9-18-12(10-17)5-6-14(19)13-4-3-7-16-15(13)18/h3-4,7,11-12H,5-6,8-10H2,1-2H3/t12-/m1/s1. The van der Waals surface area contributed by atoms with Gasteiger partial charge in [-0.1, -0.05) is 0 Å². The van der Waals surface area contributed by atoms with E-state index in [0.717, 1.165) is 37.4 Å². The molecule has 0 aromatic carbocycles. The fourth-order valence-electron chi connectivity index (χ4n) is 3.15. The first-order chi connectivity index (χ1) is 9.16. The number of hydrogen-bond donors (Lipinski definition) is 0. The third-order valence-electron chi connectivity index (χ3n) is 4.31. The van der Waals surface area contributed by atoms with Gasteiger partial charge in [0, 0.05) is 44.3 Å². The average molecular weight is 259 g/mol. The van der Waals surface area contributed by atoms with Gasteiger partial charge in [-0.3, -0.25) is 9.69 Å². The summed E-state index contributed by atoms with van der Waals surface area (Å²) in [6.45, 7) is 7.55. The van der Waals surface area contributed by atoms with Crippen LogP contribution in [0.3, 0.4) is 0 Å². The van der Waals surface area contributed by atoms with Gasteiger partial charge in [0.25, 0.3) is 0 Å². The van der Waals surface area contributed by atoms with Gasteiger partial charge in [-0.05, 0) is 32.4 Å². The molecular weight excluding hydrogens is 238 g/mol. The van der Waals surface area contributed by atoms with Crippen LogP contribution >= 0.6 is 0 Å². The Labute approximate surface area is 114 Å². The van der Waals surface area contributed by atoms with E-state index in [1.807, 2.05) is 12.1 Å². The number of Topliss-reactive ketones (excluding diaryl/α,β-unsaturated/α-hetero) is 1. The van der Waals surface area contributed by atoms with Crippen LogP contribution in [0.1, 0.15) is 37.0 Å². The summed E-state index contributed by atoms with van der Waals surface area (Å²) in [5.41, 5.74) is 0.808. The molecule has 0 radical (unpaired) electrons. The summed E-state index contributed by atoms with van der Waals surface area (Å²) in [5, 5.41) is 0. The van der Waals surface area contributed by atoms with Crippen molar-refractivity contribution in [2.75, 3.05) is 24.5 Å². The Balaban J connectivity index is 1.92. The number of anilines is 1. The van der Waals surface area contributed by atoms with E-state index in [9.17, 15) is 4.79 Å². The molecule has 0 spiro atoms. The molecule has 1 aromatic rings. The van der Waals surface area contributed by atoms with Crippen molar-refractivity contribution in [2.24, 2.45) is 0 Å². The Kier molecular flexibility index (Phi) is 3.27. The molecule has 2 aliphatic heterocycles. The number of piperazine rings is 1. The first-order valence-corrected chi connectivity index (χ1v) is 7.15. The Morgan fingerprint density at radius 2 is 2.21 bits per heavy atom. The molecule has 1 atom stereocenters. The lowest BCUT2D eigenvalue weighted by Crippen LogP contribution is -2.55. The maximum Gasteiger partial charge on any atom is 0.166 e. The monoisotopic (exact) mass is 259 g/mol. The van der Waals surface area contributed by atoms with E-state index < -0.39 is 0 Å². The largest absolute Gasteiger partial charge is 0.350 e. The first kappa shape index (κ1) is 12.6. The Morgan fingerprint density at radius 3 is 3.00 bits per heavy atom. The maximum absolute atomic E-state index is 12.2. The highest BCUT2D eigenvalue weighted by molar-refractivity contribution is 6.01. The minimum atomic E-state index is 0.244. The van der Waals surface area contributed by atoms with Gasteiger partial charge in [-0.25, -0.2) is 4.98 Å². The van der Waals surface area contributed by atoms with Gasteiger partial charge in [0.2, 0.25) is 0 Å². The van der Waals surface area contributed by atoms with Crippen LogP contribution in [-0.4, -0.2) is 47.4 Å². The maximum atomic E-state index is 12.2. The molecule has 1 fully saturated rings. The van der Waals surface area contributed by atoms with Crippen LogP contribution in [0.5, 0.6) is 0 Å². The number of carbonyl (C=O) groups is 1. The highest BCUT2D eigenvalue weighted by Crippen LogP contribution is 2.29. The van der Waals surface area contributed by atoms with Crippen molar-refractivity contribution in [3.63, 3.8) is 0 Å². The summed E-state index contributed by atoms with van der Waals surface area (Å²) in [6, 6.07) is 4.78. The molecule has 3 rings (SSSR count). The summed E-state index contributed by atoms with van der Waals surface area (Å²) in [4.78, 5) is 21.5. The molecule has 4 heteroatoms. The average Bonchev–Trinajstić information content (AvgIpc) is 2.57. The zero-order chi connectivity index (χ0) is 13.4. The van der Waals surface area contributed by atoms with Gasteiger partial charge in [0.05, 0.1) is 5.56 Å². The van der Waals surface area contributed by atoms with E-state index in [1.54, 1.807) is 6.20 Å². The first-order valence-electron chi connectivity index (χ1n) is 7.15. The molecule has 1 saturated heterocycles. The molecule has 102 valence electrons. The quantitative estimate of drug-likeness (QED) is 0.772. The van der Waals surface area contributed by atoms with Gasteiger partial charge in [-0.2, -0.15) is 0 Å². The van der Waals surface area contributed by atoms with Gasteiger partial charge >= 0.3 is 0 Å². The lowest BCUT2D eigenvalue weighted by Gasteiger charge is -2.43. The lowest BCUT2D eigenvalue weighted by molar-refractivity contribution is 0.0977. The molecular formula is C15H21N3O. The summed E-state index contributed by atoms with van der Waals surface area (Å²) in [5.74, 6) is 1.15. The third-order valence-corrected chi connectivity index (χ3v) is 4.31. The Bertz CT molecular complexity index is 486. The summed E-state index contributed by atoms with van der Waals surface area (Å²) < 4.78 is 0. The lowest BCUT2D eigenvalue weighted by atomic mass is 10.0. The number of hydrogen-bond acceptors (Lipinski definition) is 4. The van der Waals surface area contributed by atoms with Gasteiger partial charge in [0.1, 0.15) is 5.82 Å². The zero-order valence-corrected chi connectivity index (χ0v) is 11.7. The normalized spacial score (nSPS) is 24.1. The molecule has 1 aromatic heterocycles. The van der Waals surface area contributed by atoms with Crippen molar-refractivity contribution in [1.82, 2.24) is 9.88 Å². The van der Waals surface area contributed by atoms with Gasteiger partial charge < -0.3 is 4.90 Å². The predicted octanol–water partition coefficient (Wildman–Crippen LogP) is 1.96. The predicted molar refractivity (Wildman–Crippen MR) is 75.6 cm³/mol. The van der Waals surface area contributed by atoms with Gasteiger partial charge in [-0.15, -0.1) is 0 Å². The summed E-state index contributed by atoms with van der Waals surface area (Å²) in [6.07, 6.45) is 3.38. The second-order valence-corrected chi connectivity index (χ2v) is 5.77. The van der Waals surface area contributed by atoms with Crippen molar-refractivity contribution in [1.29, 1.82) is 0 Å². The second-order valence-electron chi connectivity index (χ2n) is 5.77. The molecule has 3 heterocycles. The van der Waals surface area contributed by atoms with Crippen molar-refractivity contribution in [3.05, 3.63) is 23.9 Å². The van der Waals surface area contributed by atoms with E-state index in [1.165, 1.54) is 0 Å². The fraction of sp³-hybridized carbons (Fsp3) is 0.600. The minimum absolute atomic E-state index is 0.244. The molecule has 0 bridgehead atoms. The second kappa shape index (κ2) is 4.93. The Hall–Kier alpha value is -1.42. The van der Waals surface area contributed by atoms with Crippen LogP contribution in [-0.2, 0) is 0 Å².